The Morgan fingerprint density at radius 2 is 2.21 bits per heavy atom. The molecule has 1 heterocycles. The summed E-state index contributed by atoms with van der Waals surface area (Å²) >= 11 is 1.35. The highest BCUT2D eigenvalue weighted by atomic mass is 32.1. The number of amides is 2. The van der Waals surface area contributed by atoms with E-state index in [1.165, 1.54) is 18.4 Å². The first-order chi connectivity index (χ1) is 6.65. The molecule has 0 spiro atoms. The van der Waals surface area contributed by atoms with Crippen molar-refractivity contribution in [1.29, 1.82) is 0 Å². The van der Waals surface area contributed by atoms with Crippen LogP contribution in [0.5, 0.6) is 0 Å². The van der Waals surface area contributed by atoms with Gasteiger partial charge >= 0.3 is 0 Å². The van der Waals surface area contributed by atoms with Gasteiger partial charge in [-0.2, -0.15) is 0 Å². The maximum atomic E-state index is 11.5. The molecule has 1 unspecified atom stereocenters. The van der Waals surface area contributed by atoms with E-state index in [2.05, 4.69) is 10.6 Å². The second kappa shape index (κ2) is 4.76. The lowest BCUT2D eigenvalue weighted by Gasteiger charge is -2.10. The molecule has 1 aromatic rings. The van der Waals surface area contributed by atoms with Crippen molar-refractivity contribution in [2.75, 3.05) is 7.05 Å². The number of hydrogen-bond donors (Lipinski definition) is 2. The summed E-state index contributed by atoms with van der Waals surface area (Å²) in [5.41, 5.74) is 0. The Labute approximate surface area is 86.3 Å². The fourth-order valence-electron chi connectivity index (χ4n) is 0.958. The summed E-state index contributed by atoms with van der Waals surface area (Å²) in [5, 5.41) is 6.88. The van der Waals surface area contributed by atoms with Crippen LogP contribution in [0.25, 0.3) is 0 Å². The van der Waals surface area contributed by atoms with Crippen molar-refractivity contribution in [3.05, 3.63) is 22.4 Å². The number of carbonyl (C=O) groups is 2. The normalized spacial score (nSPS) is 11.9. The summed E-state index contributed by atoms with van der Waals surface area (Å²) < 4.78 is 0. The highest BCUT2D eigenvalue weighted by Crippen LogP contribution is 2.07. The van der Waals surface area contributed by atoms with Gasteiger partial charge in [-0.15, -0.1) is 11.3 Å². The predicted octanol–water partition coefficient (Wildman–Crippen LogP) is 0.612. The number of hydrogen-bond acceptors (Lipinski definition) is 3. The van der Waals surface area contributed by atoms with Crippen molar-refractivity contribution in [3.63, 3.8) is 0 Å². The van der Waals surface area contributed by atoms with Crippen LogP contribution in [0, 0.1) is 0 Å². The lowest BCUT2D eigenvalue weighted by atomic mass is 10.3. The minimum absolute atomic E-state index is 0.199. The topological polar surface area (TPSA) is 58.2 Å². The molecule has 1 atom stereocenters. The largest absolute Gasteiger partial charge is 0.357 e. The molecule has 2 amide bonds. The summed E-state index contributed by atoms with van der Waals surface area (Å²) in [4.78, 5) is 23.2. The standard InChI is InChI=1S/C9H12N2O2S/c1-6(8(12)10-2)11-9(13)7-4-3-5-14-7/h3-6H,1-2H3,(H,10,12)(H,11,13). The van der Waals surface area contributed by atoms with Crippen molar-refractivity contribution in [3.8, 4) is 0 Å². The third-order valence-electron chi connectivity index (χ3n) is 1.73. The van der Waals surface area contributed by atoms with Crippen molar-refractivity contribution in [2.45, 2.75) is 13.0 Å². The molecule has 2 N–H and O–H groups in total. The van der Waals surface area contributed by atoms with Crippen molar-refractivity contribution >= 4 is 23.2 Å². The van der Waals surface area contributed by atoms with E-state index in [1.54, 1.807) is 19.1 Å². The second-order valence-electron chi connectivity index (χ2n) is 2.79. The zero-order valence-corrected chi connectivity index (χ0v) is 8.85. The van der Waals surface area contributed by atoms with Crippen molar-refractivity contribution in [1.82, 2.24) is 10.6 Å². The molecule has 0 aliphatic rings. The average molecular weight is 212 g/mol. The van der Waals surface area contributed by atoms with Gasteiger partial charge in [-0.25, -0.2) is 0 Å². The molecule has 0 bridgehead atoms. The Bertz CT molecular complexity index is 322. The predicted molar refractivity (Wildman–Crippen MR) is 55.3 cm³/mol. The maximum Gasteiger partial charge on any atom is 0.261 e. The zero-order chi connectivity index (χ0) is 10.6. The third kappa shape index (κ3) is 2.56. The molecule has 0 aliphatic heterocycles. The monoisotopic (exact) mass is 212 g/mol. The van der Waals surface area contributed by atoms with Gasteiger partial charge in [0.15, 0.2) is 0 Å². The number of nitrogens with one attached hydrogen (secondary N) is 2. The Kier molecular flexibility index (Phi) is 3.64. The smallest absolute Gasteiger partial charge is 0.261 e. The first kappa shape index (κ1) is 10.7. The molecule has 4 nitrogen and oxygen atoms in total. The van der Waals surface area contributed by atoms with Crippen LogP contribution in [-0.2, 0) is 4.79 Å². The van der Waals surface area contributed by atoms with Crippen molar-refractivity contribution < 1.29 is 9.59 Å². The minimum atomic E-state index is -0.505. The Balaban J connectivity index is 2.53. The molecule has 0 aromatic carbocycles. The number of likely N-dealkylation sites (N-methyl/N-ethyl adjacent to an activating group) is 1. The molecular formula is C9H12N2O2S. The Morgan fingerprint density at radius 3 is 2.71 bits per heavy atom. The summed E-state index contributed by atoms with van der Waals surface area (Å²) in [6, 6.07) is 3.01. The molecular weight excluding hydrogens is 200 g/mol. The Hall–Kier alpha value is -1.36. The van der Waals surface area contributed by atoms with Gasteiger partial charge in [0.05, 0.1) is 4.88 Å². The maximum absolute atomic E-state index is 11.5. The fourth-order valence-corrected chi connectivity index (χ4v) is 1.58. The van der Waals surface area contributed by atoms with E-state index in [9.17, 15) is 9.59 Å². The van der Waals surface area contributed by atoms with Crippen LogP contribution < -0.4 is 10.6 Å². The van der Waals surface area contributed by atoms with Gasteiger partial charge in [0, 0.05) is 7.05 Å². The van der Waals surface area contributed by atoms with Gasteiger partial charge in [0.2, 0.25) is 5.91 Å². The van der Waals surface area contributed by atoms with Gasteiger partial charge in [-0.3, -0.25) is 9.59 Å². The molecule has 1 rings (SSSR count). The van der Waals surface area contributed by atoms with Gasteiger partial charge in [-0.05, 0) is 18.4 Å². The average Bonchev–Trinajstić information content (AvgIpc) is 2.69. The molecule has 0 saturated heterocycles. The fraction of sp³-hybridized carbons (Fsp3) is 0.333. The summed E-state index contributed by atoms with van der Waals surface area (Å²) in [6.45, 7) is 1.64. The molecule has 76 valence electrons. The van der Waals surface area contributed by atoms with Crippen LogP contribution in [0.3, 0.4) is 0 Å². The van der Waals surface area contributed by atoms with Crippen LogP contribution in [-0.4, -0.2) is 24.9 Å². The van der Waals surface area contributed by atoms with E-state index in [-0.39, 0.29) is 11.8 Å². The van der Waals surface area contributed by atoms with E-state index in [4.69, 9.17) is 0 Å². The first-order valence-electron chi connectivity index (χ1n) is 4.21. The van der Waals surface area contributed by atoms with Crippen LogP contribution in [0.1, 0.15) is 16.6 Å². The first-order valence-corrected chi connectivity index (χ1v) is 5.09. The van der Waals surface area contributed by atoms with E-state index >= 15 is 0 Å². The lowest BCUT2D eigenvalue weighted by molar-refractivity contribution is -0.122. The highest BCUT2D eigenvalue weighted by Gasteiger charge is 2.15. The minimum Gasteiger partial charge on any atom is -0.357 e. The van der Waals surface area contributed by atoms with Gasteiger partial charge < -0.3 is 10.6 Å². The van der Waals surface area contributed by atoms with Gasteiger partial charge in [0.25, 0.3) is 5.91 Å². The molecule has 1 aromatic heterocycles. The summed E-state index contributed by atoms with van der Waals surface area (Å²) in [6.07, 6.45) is 0. The SMILES string of the molecule is CNC(=O)C(C)NC(=O)c1cccs1. The molecule has 5 heteroatoms. The van der Waals surface area contributed by atoms with Crippen LogP contribution in [0.15, 0.2) is 17.5 Å². The van der Waals surface area contributed by atoms with E-state index in [1.807, 2.05) is 5.38 Å². The molecule has 0 aliphatic carbocycles. The zero-order valence-electron chi connectivity index (χ0n) is 8.03. The Morgan fingerprint density at radius 1 is 1.50 bits per heavy atom. The quantitative estimate of drug-likeness (QED) is 0.771. The highest BCUT2D eigenvalue weighted by molar-refractivity contribution is 7.12. The van der Waals surface area contributed by atoms with Gasteiger partial charge in [0.1, 0.15) is 6.04 Å². The number of carbonyl (C=O) groups excluding carboxylic acids is 2. The number of thiophene rings is 1. The van der Waals surface area contributed by atoms with Crippen LogP contribution in [0.4, 0.5) is 0 Å². The number of rotatable bonds is 3. The van der Waals surface area contributed by atoms with E-state index < -0.39 is 6.04 Å². The van der Waals surface area contributed by atoms with Crippen LogP contribution >= 0.6 is 11.3 Å². The van der Waals surface area contributed by atoms with E-state index in [0.717, 1.165) is 0 Å². The lowest BCUT2D eigenvalue weighted by Crippen LogP contribution is -2.43. The second-order valence-corrected chi connectivity index (χ2v) is 3.73. The third-order valence-corrected chi connectivity index (χ3v) is 2.60. The molecule has 0 saturated carbocycles. The molecule has 0 fully saturated rings. The molecule has 14 heavy (non-hydrogen) atoms. The van der Waals surface area contributed by atoms with E-state index in [0.29, 0.717) is 4.88 Å². The summed E-state index contributed by atoms with van der Waals surface area (Å²) in [5.74, 6) is -0.411. The van der Waals surface area contributed by atoms with Gasteiger partial charge in [-0.1, -0.05) is 6.07 Å². The van der Waals surface area contributed by atoms with Crippen molar-refractivity contribution in [2.24, 2.45) is 0 Å². The van der Waals surface area contributed by atoms with Crippen LogP contribution in [0.2, 0.25) is 0 Å². The summed E-state index contributed by atoms with van der Waals surface area (Å²) in [7, 11) is 1.54. The molecule has 0 radical (unpaired) electrons.